The lowest BCUT2D eigenvalue weighted by Crippen LogP contribution is -2.17. The highest BCUT2D eigenvalue weighted by Crippen LogP contribution is 2.30. The molecule has 0 fully saturated rings. The van der Waals surface area contributed by atoms with Crippen LogP contribution < -0.4 is 10.6 Å². The zero-order chi connectivity index (χ0) is 19.9. The van der Waals surface area contributed by atoms with E-state index in [0.29, 0.717) is 23.2 Å². The number of carbonyl (C=O) groups excluding carboxylic acids is 2. The molecule has 0 unspecified atom stereocenters. The van der Waals surface area contributed by atoms with Gasteiger partial charge in [-0.3, -0.25) is 9.59 Å². The van der Waals surface area contributed by atoms with Gasteiger partial charge < -0.3 is 10.6 Å². The maximum Gasteiger partial charge on any atom is 0.236 e. The molecule has 2 N–H and O–H groups in total. The first kappa shape index (κ1) is 20.5. The Morgan fingerprint density at radius 3 is 2.71 bits per heavy atom. The summed E-state index contributed by atoms with van der Waals surface area (Å²) in [5.74, 6) is 0.491. The van der Waals surface area contributed by atoms with Crippen molar-refractivity contribution in [1.82, 2.24) is 10.3 Å². The van der Waals surface area contributed by atoms with E-state index in [-0.39, 0.29) is 17.6 Å². The molecule has 28 heavy (non-hydrogen) atoms. The summed E-state index contributed by atoms with van der Waals surface area (Å²) in [5, 5.41) is 8.03. The fourth-order valence-corrected chi connectivity index (χ4v) is 4.76. The summed E-state index contributed by atoms with van der Waals surface area (Å²) >= 11 is 4.40. The number of thiazole rings is 1. The number of aromatic nitrogens is 1. The topological polar surface area (TPSA) is 71.1 Å². The lowest BCUT2D eigenvalue weighted by atomic mass is 10.2. The van der Waals surface area contributed by atoms with Gasteiger partial charge >= 0.3 is 0 Å². The van der Waals surface area contributed by atoms with Crippen LogP contribution in [0, 0.1) is 5.82 Å². The molecule has 146 valence electrons. The number of hydrogen-bond donors (Lipinski definition) is 2. The van der Waals surface area contributed by atoms with E-state index in [1.54, 1.807) is 23.5 Å². The lowest BCUT2D eigenvalue weighted by molar-refractivity contribution is -0.119. The van der Waals surface area contributed by atoms with Crippen molar-refractivity contribution in [2.75, 3.05) is 11.1 Å². The highest BCUT2D eigenvalue weighted by Gasteiger charge is 2.10. The summed E-state index contributed by atoms with van der Waals surface area (Å²) in [6.07, 6.45) is 0. The number of rotatable bonds is 8. The molecule has 0 atom stereocenters. The van der Waals surface area contributed by atoms with Crippen LogP contribution in [0.15, 0.2) is 41.8 Å². The van der Waals surface area contributed by atoms with Crippen molar-refractivity contribution in [1.29, 1.82) is 0 Å². The zero-order valence-corrected chi connectivity index (χ0v) is 17.5. The molecule has 9 heteroatoms. The predicted molar refractivity (Wildman–Crippen MR) is 114 cm³/mol. The fourth-order valence-electron chi connectivity index (χ4n) is 2.26. The van der Waals surface area contributed by atoms with Gasteiger partial charge in [-0.1, -0.05) is 12.1 Å². The average Bonchev–Trinajstić information content (AvgIpc) is 3.31. The third kappa shape index (κ3) is 6.15. The first-order valence-electron chi connectivity index (χ1n) is 8.40. The van der Waals surface area contributed by atoms with Crippen molar-refractivity contribution in [3.8, 4) is 10.6 Å². The van der Waals surface area contributed by atoms with Crippen molar-refractivity contribution < 1.29 is 14.0 Å². The van der Waals surface area contributed by atoms with E-state index in [1.165, 1.54) is 42.2 Å². The molecule has 0 aliphatic carbocycles. The highest BCUT2D eigenvalue weighted by atomic mass is 32.2. The summed E-state index contributed by atoms with van der Waals surface area (Å²) in [6.45, 7) is 1.99. The lowest BCUT2D eigenvalue weighted by Gasteiger charge is -2.02. The van der Waals surface area contributed by atoms with Gasteiger partial charge in [-0.05, 0) is 29.8 Å². The molecule has 3 aromatic rings. The van der Waals surface area contributed by atoms with Gasteiger partial charge in [0.05, 0.1) is 22.9 Å². The first-order valence-corrected chi connectivity index (χ1v) is 11.3. The number of thiophene rings is 1. The number of amides is 2. The van der Waals surface area contributed by atoms with Gasteiger partial charge in [-0.2, -0.15) is 0 Å². The average molecular weight is 436 g/mol. The molecule has 0 aliphatic heterocycles. The second kappa shape index (κ2) is 9.81. The van der Waals surface area contributed by atoms with E-state index >= 15 is 0 Å². The van der Waals surface area contributed by atoms with Gasteiger partial charge in [0.2, 0.25) is 11.8 Å². The fraction of sp³-hybridized carbons (Fsp3) is 0.211. The van der Waals surface area contributed by atoms with Gasteiger partial charge in [0, 0.05) is 22.9 Å². The van der Waals surface area contributed by atoms with E-state index in [4.69, 9.17) is 0 Å². The van der Waals surface area contributed by atoms with Crippen LogP contribution in [0.2, 0.25) is 0 Å². The molecular weight excluding hydrogens is 417 g/mol. The molecule has 0 radical (unpaired) electrons. The normalized spacial score (nSPS) is 10.6. The van der Waals surface area contributed by atoms with Crippen molar-refractivity contribution in [3.05, 3.63) is 58.0 Å². The molecule has 0 saturated carbocycles. The molecule has 0 bridgehead atoms. The Morgan fingerprint density at radius 2 is 1.96 bits per heavy atom. The Balaban J connectivity index is 1.47. The van der Waals surface area contributed by atoms with Crippen LogP contribution in [0.4, 0.5) is 9.52 Å². The van der Waals surface area contributed by atoms with Crippen LogP contribution in [0.1, 0.15) is 17.4 Å². The van der Waals surface area contributed by atoms with Gasteiger partial charge in [0.1, 0.15) is 5.82 Å². The summed E-state index contributed by atoms with van der Waals surface area (Å²) in [4.78, 5) is 29.6. The molecule has 2 aromatic heterocycles. The van der Waals surface area contributed by atoms with Crippen LogP contribution in [-0.2, 0) is 21.9 Å². The smallest absolute Gasteiger partial charge is 0.236 e. The van der Waals surface area contributed by atoms with E-state index in [9.17, 15) is 14.0 Å². The molecule has 0 saturated heterocycles. The van der Waals surface area contributed by atoms with Crippen LogP contribution in [0.25, 0.3) is 10.6 Å². The minimum absolute atomic E-state index is 0.0640. The molecule has 1 aromatic carbocycles. The number of carbonyl (C=O) groups is 2. The van der Waals surface area contributed by atoms with Crippen LogP contribution in [0.5, 0.6) is 0 Å². The largest absolute Gasteiger partial charge is 0.351 e. The van der Waals surface area contributed by atoms with E-state index < -0.39 is 0 Å². The Kier molecular flexibility index (Phi) is 7.18. The number of hydrogen-bond acceptors (Lipinski definition) is 6. The zero-order valence-electron chi connectivity index (χ0n) is 15.0. The minimum Gasteiger partial charge on any atom is -0.351 e. The first-order chi connectivity index (χ1) is 13.5. The van der Waals surface area contributed by atoms with Crippen molar-refractivity contribution in [2.24, 2.45) is 0 Å². The number of thioether (sulfide) groups is 1. The number of anilines is 1. The van der Waals surface area contributed by atoms with Crippen molar-refractivity contribution >= 4 is 51.4 Å². The Bertz CT molecular complexity index is 954. The number of halogens is 1. The molecule has 0 spiro atoms. The van der Waals surface area contributed by atoms with E-state index in [1.807, 2.05) is 17.5 Å². The second-order valence-electron chi connectivity index (χ2n) is 5.88. The van der Waals surface area contributed by atoms with Crippen LogP contribution in [-0.4, -0.2) is 22.6 Å². The minimum atomic E-state index is -0.265. The van der Waals surface area contributed by atoms with Crippen LogP contribution in [0.3, 0.4) is 0 Å². The van der Waals surface area contributed by atoms with E-state index in [0.717, 1.165) is 21.0 Å². The standard InChI is InChI=1S/C19H18FN3O2S3/c1-12(24)21-8-15-6-7-17(28-15)16-10-27-19(22-16)23-18(25)11-26-9-13-2-4-14(20)5-3-13/h2-7,10H,8-9,11H2,1H3,(H,21,24)(H,22,23,25). The highest BCUT2D eigenvalue weighted by molar-refractivity contribution is 7.99. The molecule has 0 aliphatic rings. The Hall–Kier alpha value is -2.23. The van der Waals surface area contributed by atoms with Gasteiger partial charge in [-0.15, -0.1) is 34.4 Å². The quantitative estimate of drug-likeness (QED) is 0.546. The molecular formula is C19H18FN3O2S3. The molecule has 2 heterocycles. The maximum absolute atomic E-state index is 12.9. The number of benzene rings is 1. The molecule has 3 rings (SSSR count). The monoisotopic (exact) mass is 435 g/mol. The summed E-state index contributed by atoms with van der Waals surface area (Å²) < 4.78 is 12.9. The summed E-state index contributed by atoms with van der Waals surface area (Å²) in [6, 6.07) is 10.2. The third-order valence-electron chi connectivity index (χ3n) is 3.59. The molecule has 2 amide bonds. The third-order valence-corrected chi connectivity index (χ3v) is 6.46. The molecule has 5 nitrogen and oxygen atoms in total. The van der Waals surface area contributed by atoms with Gasteiger partial charge in [0.25, 0.3) is 0 Å². The van der Waals surface area contributed by atoms with Crippen molar-refractivity contribution in [3.63, 3.8) is 0 Å². The predicted octanol–water partition coefficient (Wildman–Crippen LogP) is 4.52. The van der Waals surface area contributed by atoms with Gasteiger partial charge in [-0.25, -0.2) is 9.37 Å². The van der Waals surface area contributed by atoms with Crippen LogP contribution >= 0.6 is 34.4 Å². The SMILES string of the molecule is CC(=O)NCc1ccc(-c2csc(NC(=O)CSCc3ccc(F)cc3)n2)s1. The Morgan fingerprint density at radius 1 is 1.18 bits per heavy atom. The summed E-state index contributed by atoms with van der Waals surface area (Å²) in [7, 11) is 0. The summed E-state index contributed by atoms with van der Waals surface area (Å²) in [5.41, 5.74) is 1.78. The van der Waals surface area contributed by atoms with E-state index in [2.05, 4.69) is 15.6 Å². The maximum atomic E-state index is 12.9. The second-order valence-corrected chi connectivity index (χ2v) is 8.89. The van der Waals surface area contributed by atoms with Gasteiger partial charge in [0.15, 0.2) is 5.13 Å². The number of nitrogens with one attached hydrogen (secondary N) is 2. The Labute approximate surface area is 174 Å². The number of nitrogens with zero attached hydrogens (tertiary/aromatic N) is 1. The van der Waals surface area contributed by atoms with Crippen molar-refractivity contribution in [2.45, 2.75) is 19.2 Å².